The minimum absolute atomic E-state index is 0.0503. The van der Waals surface area contributed by atoms with Gasteiger partial charge in [0.15, 0.2) is 5.78 Å². The predicted molar refractivity (Wildman–Crippen MR) is 88.8 cm³/mol. The van der Waals surface area contributed by atoms with E-state index in [1.165, 1.54) is 5.39 Å². The van der Waals surface area contributed by atoms with Crippen molar-refractivity contribution in [2.75, 3.05) is 0 Å². The third-order valence-corrected chi connectivity index (χ3v) is 3.54. The molecule has 3 aromatic rings. The van der Waals surface area contributed by atoms with Crippen molar-refractivity contribution in [3.8, 4) is 0 Å². The van der Waals surface area contributed by atoms with Crippen LogP contribution in [0.2, 0.25) is 5.02 Å². The number of fused-ring (bicyclic) bond motifs is 1. The Labute approximate surface area is 128 Å². The second-order valence-electron chi connectivity index (χ2n) is 4.81. The van der Waals surface area contributed by atoms with E-state index >= 15 is 0 Å². The van der Waals surface area contributed by atoms with Crippen LogP contribution < -0.4 is 0 Å². The van der Waals surface area contributed by atoms with Crippen molar-refractivity contribution in [1.82, 2.24) is 0 Å². The Hall–Kier alpha value is -2.38. The van der Waals surface area contributed by atoms with E-state index in [2.05, 4.69) is 24.3 Å². The van der Waals surface area contributed by atoms with E-state index in [9.17, 15) is 4.79 Å². The molecule has 102 valence electrons. The molecule has 0 spiro atoms. The quantitative estimate of drug-likeness (QED) is 0.467. The number of carbonyl (C=O) groups is 1. The standard InChI is InChI=1S/C19H13ClO/c20-18-7-3-6-17(13-18)19(21)11-9-14-8-10-15-4-1-2-5-16(15)12-14/h1-13H/b11-9+. The number of hydrogen-bond acceptors (Lipinski definition) is 1. The van der Waals surface area contributed by atoms with Gasteiger partial charge in [-0.2, -0.15) is 0 Å². The van der Waals surface area contributed by atoms with Crippen molar-refractivity contribution in [3.05, 3.63) is 89.0 Å². The highest BCUT2D eigenvalue weighted by Crippen LogP contribution is 2.17. The van der Waals surface area contributed by atoms with Crippen LogP contribution in [0.25, 0.3) is 16.8 Å². The molecule has 1 nitrogen and oxygen atoms in total. The van der Waals surface area contributed by atoms with Gasteiger partial charge in [-0.25, -0.2) is 0 Å². The molecule has 0 saturated heterocycles. The Morgan fingerprint density at radius 3 is 2.48 bits per heavy atom. The van der Waals surface area contributed by atoms with Crippen LogP contribution in [-0.4, -0.2) is 5.78 Å². The molecule has 3 rings (SSSR count). The van der Waals surface area contributed by atoms with Gasteiger partial charge in [0, 0.05) is 10.6 Å². The third kappa shape index (κ3) is 3.21. The van der Waals surface area contributed by atoms with Gasteiger partial charge in [-0.1, -0.05) is 66.2 Å². The van der Waals surface area contributed by atoms with Crippen LogP contribution in [0.3, 0.4) is 0 Å². The summed E-state index contributed by atoms with van der Waals surface area (Å²) in [5.74, 6) is -0.0503. The summed E-state index contributed by atoms with van der Waals surface area (Å²) in [6.45, 7) is 0. The Morgan fingerprint density at radius 2 is 1.67 bits per heavy atom. The molecule has 0 aliphatic heterocycles. The third-order valence-electron chi connectivity index (χ3n) is 3.31. The number of allylic oxidation sites excluding steroid dienone is 1. The lowest BCUT2D eigenvalue weighted by molar-refractivity contribution is 0.104. The first-order valence-corrected chi connectivity index (χ1v) is 7.07. The summed E-state index contributed by atoms with van der Waals surface area (Å²) < 4.78 is 0. The highest BCUT2D eigenvalue weighted by Gasteiger charge is 2.02. The Morgan fingerprint density at radius 1 is 0.857 bits per heavy atom. The molecule has 0 saturated carbocycles. The lowest BCUT2D eigenvalue weighted by Crippen LogP contribution is -1.93. The fraction of sp³-hybridized carbons (Fsp3) is 0. The zero-order valence-corrected chi connectivity index (χ0v) is 12.0. The highest BCUT2D eigenvalue weighted by atomic mass is 35.5. The molecule has 2 heteroatoms. The zero-order valence-electron chi connectivity index (χ0n) is 11.3. The molecule has 0 bridgehead atoms. The number of carbonyl (C=O) groups excluding carboxylic acids is 1. The molecular weight excluding hydrogens is 280 g/mol. The van der Waals surface area contributed by atoms with Gasteiger partial charge in [0.1, 0.15) is 0 Å². The second kappa shape index (κ2) is 5.94. The predicted octanol–water partition coefficient (Wildman–Crippen LogP) is 5.39. The Bertz CT molecular complexity index is 834. The molecule has 0 heterocycles. The molecule has 0 radical (unpaired) electrons. The summed E-state index contributed by atoms with van der Waals surface area (Å²) in [6, 6.07) is 21.2. The number of halogens is 1. The maximum absolute atomic E-state index is 12.1. The molecule has 3 aromatic carbocycles. The Kier molecular flexibility index (Phi) is 3.85. The van der Waals surface area contributed by atoms with Gasteiger partial charge in [0.05, 0.1) is 0 Å². The SMILES string of the molecule is O=C(/C=C/c1ccc2ccccc2c1)c1cccc(Cl)c1. The highest BCUT2D eigenvalue weighted by molar-refractivity contribution is 6.31. The average molecular weight is 293 g/mol. The minimum Gasteiger partial charge on any atom is -0.289 e. The van der Waals surface area contributed by atoms with Crippen LogP contribution in [0.1, 0.15) is 15.9 Å². The second-order valence-corrected chi connectivity index (χ2v) is 5.25. The van der Waals surface area contributed by atoms with Gasteiger partial charge in [-0.05, 0) is 40.6 Å². The van der Waals surface area contributed by atoms with Crippen molar-refractivity contribution in [2.45, 2.75) is 0 Å². The van der Waals surface area contributed by atoms with Crippen molar-refractivity contribution < 1.29 is 4.79 Å². The maximum atomic E-state index is 12.1. The van der Waals surface area contributed by atoms with Gasteiger partial charge < -0.3 is 0 Å². The topological polar surface area (TPSA) is 17.1 Å². The monoisotopic (exact) mass is 292 g/mol. The van der Waals surface area contributed by atoms with Crippen LogP contribution in [0.5, 0.6) is 0 Å². The summed E-state index contributed by atoms with van der Waals surface area (Å²) in [5, 5.41) is 2.92. The van der Waals surface area contributed by atoms with Crippen LogP contribution >= 0.6 is 11.6 Å². The van der Waals surface area contributed by atoms with E-state index in [4.69, 9.17) is 11.6 Å². The van der Waals surface area contributed by atoms with E-state index in [0.29, 0.717) is 10.6 Å². The smallest absolute Gasteiger partial charge is 0.185 e. The molecule has 0 atom stereocenters. The minimum atomic E-state index is -0.0503. The van der Waals surface area contributed by atoms with Gasteiger partial charge >= 0.3 is 0 Å². The molecule has 0 amide bonds. The van der Waals surface area contributed by atoms with Crippen LogP contribution in [0.4, 0.5) is 0 Å². The summed E-state index contributed by atoms with van der Waals surface area (Å²) in [7, 11) is 0. The number of ketones is 1. The molecule has 0 aliphatic carbocycles. The van der Waals surface area contributed by atoms with Crippen LogP contribution in [0, 0.1) is 0 Å². The fourth-order valence-electron chi connectivity index (χ4n) is 2.22. The van der Waals surface area contributed by atoms with E-state index in [1.807, 2.05) is 24.3 Å². The molecule has 0 unspecified atom stereocenters. The van der Waals surface area contributed by atoms with Crippen molar-refractivity contribution >= 4 is 34.2 Å². The normalized spacial score (nSPS) is 11.1. The zero-order chi connectivity index (χ0) is 14.7. The van der Waals surface area contributed by atoms with E-state index in [-0.39, 0.29) is 5.78 Å². The van der Waals surface area contributed by atoms with Crippen LogP contribution in [0.15, 0.2) is 72.8 Å². The summed E-state index contributed by atoms with van der Waals surface area (Å²) >= 11 is 5.90. The lowest BCUT2D eigenvalue weighted by Gasteiger charge is -1.99. The Balaban J connectivity index is 1.85. The maximum Gasteiger partial charge on any atom is 0.185 e. The van der Waals surface area contributed by atoms with Gasteiger partial charge in [0.25, 0.3) is 0 Å². The van der Waals surface area contributed by atoms with Crippen molar-refractivity contribution in [3.63, 3.8) is 0 Å². The number of rotatable bonds is 3. The van der Waals surface area contributed by atoms with E-state index < -0.39 is 0 Å². The first-order valence-electron chi connectivity index (χ1n) is 6.69. The molecule has 21 heavy (non-hydrogen) atoms. The average Bonchev–Trinajstić information content (AvgIpc) is 2.52. The summed E-state index contributed by atoms with van der Waals surface area (Å²) in [6.07, 6.45) is 3.41. The largest absolute Gasteiger partial charge is 0.289 e. The number of benzene rings is 3. The summed E-state index contributed by atoms with van der Waals surface area (Å²) in [4.78, 5) is 12.1. The van der Waals surface area contributed by atoms with Crippen molar-refractivity contribution in [2.24, 2.45) is 0 Å². The summed E-state index contributed by atoms with van der Waals surface area (Å²) in [5.41, 5.74) is 1.60. The van der Waals surface area contributed by atoms with Gasteiger partial charge in [0.2, 0.25) is 0 Å². The molecular formula is C19H13ClO. The first kappa shape index (κ1) is 13.6. The van der Waals surface area contributed by atoms with E-state index in [1.54, 1.807) is 30.3 Å². The van der Waals surface area contributed by atoms with Gasteiger partial charge in [-0.15, -0.1) is 0 Å². The van der Waals surface area contributed by atoms with Gasteiger partial charge in [-0.3, -0.25) is 4.79 Å². The molecule has 0 aliphatic rings. The molecule has 0 aromatic heterocycles. The van der Waals surface area contributed by atoms with E-state index in [0.717, 1.165) is 10.9 Å². The molecule has 0 N–H and O–H groups in total. The number of hydrogen-bond donors (Lipinski definition) is 0. The van der Waals surface area contributed by atoms with Crippen molar-refractivity contribution in [1.29, 1.82) is 0 Å². The molecule has 0 fully saturated rings. The lowest BCUT2D eigenvalue weighted by atomic mass is 10.1. The van der Waals surface area contributed by atoms with Crippen LogP contribution in [-0.2, 0) is 0 Å². The fourth-order valence-corrected chi connectivity index (χ4v) is 2.41. The first-order chi connectivity index (χ1) is 10.2.